The Balaban J connectivity index is 0.00000116. The van der Waals surface area contributed by atoms with Crippen LogP contribution in [0.25, 0.3) is 0 Å². The number of carboxylic acid groups (broad SMARTS) is 1. The Hall–Kier alpha value is -1.88. The lowest BCUT2D eigenvalue weighted by Gasteiger charge is -2.13. The number of carbonyl (C=O) groups excluding carboxylic acids is 1. The number of rotatable bonds is 5. The van der Waals surface area contributed by atoms with Crippen molar-refractivity contribution >= 4 is 11.8 Å². The molecule has 0 bridgehead atoms. The van der Waals surface area contributed by atoms with Gasteiger partial charge in [-0.1, -0.05) is 32.9 Å². The Bertz CT molecular complexity index is 498. The summed E-state index contributed by atoms with van der Waals surface area (Å²) in [7, 11) is 0. The summed E-state index contributed by atoms with van der Waals surface area (Å²) in [5.41, 5.74) is 6.31. The van der Waals surface area contributed by atoms with Crippen molar-refractivity contribution < 1.29 is 19.4 Å². The van der Waals surface area contributed by atoms with Crippen molar-refractivity contribution in [1.82, 2.24) is 0 Å². The van der Waals surface area contributed by atoms with E-state index in [0.29, 0.717) is 5.75 Å². The van der Waals surface area contributed by atoms with Gasteiger partial charge in [-0.25, -0.2) is 0 Å². The second kappa shape index (κ2) is 8.54. The van der Waals surface area contributed by atoms with Gasteiger partial charge in [0, 0.05) is 5.92 Å². The first kappa shape index (κ1) is 18.2. The van der Waals surface area contributed by atoms with E-state index in [0.717, 1.165) is 18.4 Å². The lowest BCUT2D eigenvalue weighted by molar-refractivity contribution is -0.138. The molecule has 0 amide bonds. The van der Waals surface area contributed by atoms with Crippen molar-refractivity contribution in [2.45, 2.75) is 52.2 Å². The van der Waals surface area contributed by atoms with Crippen LogP contribution in [0.3, 0.4) is 0 Å². The topological polar surface area (TPSA) is 89.6 Å². The Kier molecular flexibility index (Phi) is 7.05. The fourth-order valence-corrected chi connectivity index (χ4v) is 2.33. The van der Waals surface area contributed by atoms with Crippen molar-refractivity contribution in [1.29, 1.82) is 0 Å². The van der Waals surface area contributed by atoms with Crippen molar-refractivity contribution in [2.75, 3.05) is 0 Å². The molecule has 1 aliphatic carbocycles. The number of hydrogen-bond acceptors (Lipinski definition) is 4. The predicted molar refractivity (Wildman–Crippen MR) is 84.9 cm³/mol. The van der Waals surface area contributed by atoms with Crippen molar-refractivity contribution in [3.05, 3.63) is 29.8 Å². The van der Waals surface area contributed by atoms with Crippen molar-refractivity contribution in [3.63, 3.8) is 0 Å². The van der Waals surface area contributed by atoms with Gasteiger partial charge in [-0.05, 0) is 37.0 Å². The van der Waals surface area contributed by atoms with E-state index in [2.05, 4.69) is 0 Å². The highest BCUT2D eigenvalue weighted by molar-refractivity contribution is 5.87. The van der Waals surface area contributed by atoms with Crippen LogP contribution in [-0.4, -0.2) is 29.0 Å². The summed E-state index contributed by atoms with van der Waals surface area (Å²) in [4.78, 5) is 22.5. The molecule has 22 heavy (non-hydrogen) atoms. The second-order valence-corrected chi connectivity index (χ2v) is 5.28. The monoisotopic (exact) mass is 307 g/mol. The number of Topliss-reactive ketones (excluding diaryl/α,β-unsaturated/α-hetero) is 1. The van der Waals surface area contributed by atoms with E-state index >= 15 is 0 Å². The number of carbonyl (C=O) groups is 2. The van der Waals surface area contributed by atoms with Gasteiger partial charge in [0.1, 0.15) is 11.8 Å². The van der Waals surface area contributed by atoms with Gasteiger partial charge in [-0.2, -0.15) is 0 Å². The van der Waals surface area contributed by atoms with Crippen LogP contribution in [0.5, 0.6) is 5.75 Å². The van der Waals surface area contributed by atoms with Crippen LogP contribution in [-0.2, 0) is 16.0 Å². The number of carboxylic acids is 1. The Morgan fingerprint density at radius 2 is 1.91 bits per heavy atom. The summed E-state index contributed by atoms with van der Waals surface area (Å²) >= 11 is 0. The third-order valence-electron chi connectivity index (χ3n) is 3.64. The van der Waals surface area contributed by atoms with Gasteiger partial charge in [0.05, 0.1) is 0 Å². The van der Waals surface area contributed by atoms with Crippen LogP contribution in [0, 0.1) is 5.92 Å². The highest BCUT2D eigenvalue weighted by Crippen LogP contribution is 2.26. The van der Waals surface area contributed by atoms with Gasteiger partial charge in [0.25, 0.3) is 0 Å². The SMILES string of the molecule is CC.CC1CCC(Oc2ccc(CC(N)C(=O)O)cc2)C1=O. The van der Waals surface area contributed by atoms with Gasteiger partial charge < -0.3 is 15.6 Å². The van der Waals surface area contributed by atoms with E-state index in [1.54, 1.807) is 24.3 Å². The molecule has 5 heteroatoms. The lowest BCUT2D eigenvalue weighted by Crippen LogP contribution is -2.32. The smallest absolute Gasteiger partial charge is 0.320 e. The van der Waals surface area contributed by atoms with E-state index in [9.17, 15) is 9.59 Å². The van der Waals surface area contributed by atoms with Crippen molar-refractivity contribution in [2.24, 2.45) is 11.7 Å². The summed E-state index contributed by atoms with van der Waals surface area (Å²) in [5, 5.41) is 8.75. The Labute approximate surface area is 131 Å². The highest BCUT2D eigenvalue weighted by atomic mass is 16.5. The van der Waals surface area contributed by atoms with Crippen LogP contribution >= 0.6 is 0 Å². The number of aliphatic carboxylic acids is 1. The summed E-state index contributed by atoms with van der Waals surface area (Å²) < 4.78 is 5.67. The minimum Gasteiger partial charge on any atom is -0.483 e. The minimum absolute atomic E-state index is 0.0767. The molecule has 3 N–H and O–H groups in total. The molecule has 1 fully saturated rings. The van der Waals surface area contributed by atoms with E-state index in [4.69, 9.17) is 15.6 Å². The summed E-state index contributed by atoms with van der Waals surface area (Å²) in [6.45, 7) is 5.92. The molecule has 1 saturated carbocycles. The number of ether oxygens (including phenoxy) is 1. The Morgan fingerprint density at radius 3 is 2.36 bits per heavy atom. The molecule has 0 heterocycles. The molecule has 5 nitrogen and oxygen atoms in total. The molecule has 0 radical (unpaired) electrons. The maximum Gasteiger partial charge on any atom is 0.320 e. The molecule has 2 rings (SSSR count). The van der Waals surface area contributed by atoms with E-state index in [1.165, 1.54) is 0 Å². The molecule has 0 aliphatic heterocycles. The van der Waals surface area contributed by atoms with E-state index < -0.39 is 12.0 Å². The molecule has 1 aromatic carbocycles. The van der Waals surface area contributed by atoms with Crippen LogP contribution in [0.15, 0.2) is 24.3 Å². The van der Waals surface area contributed by atoms with Gasteiger partial charge in [-0.15, -0.1) is 0 Å². The third-order valence-corrected chi connectivity index (χ3v) is 3.64. The van der Waals surface area contributed by atoms with Crippen LogP contribution in [0.1, 0.15) is 39.2 Å². The molecule has 0 spiro atoms. The normalized spacial score (nSPS) is 21.7. The van der Waals surface area contributed by atoms with E-state index in [-0.39, 0.29) is 24.2 Å². The highest BCUT2D eigenvalue weighted by Gasteiger charge is 2.32. The lowest BCUT2D eigenvalue weighted by atomic mass is 10.1. The fourth-order valence-electron chi connectivity index (χ4n) is 2.33. The quantitative estimate of drug-likeness (QED) is 0.872. The first-order chi connectivity index (χ1) is 10.5. The third kappa shape index (κ3) is 4.84. The molecule has 0 aromatic heterocycles. The number of benzene rings is 1. The minimum atomic E-state index is -1.02. The van der Waals surface area contributed by atoms with Gasteiger partial charge in [0.2, 0.25) is 0 Å². The molecular weight excluding hydrogens is 282 g/mol. The number of ketones is 1. The largest absolute Gasteiger partial charge is 0.483 e. The molecule has 1 aromatic rings. The maximum absolute atomic E-state index is 11.8. The molecule has 3 atom stereocenters. The zero-order valence-electron chi connectivity index (χ0n) is 13.4. The zero-order chi connectivity index (χ0) is 16.7. The average Bonchev–Trinajstić information content (AvgIpc) is 2.83. The summed E-state index contributed by atoms with van der Waals surface area (Å²) in [6, 6.07) is 6.15. The van der Waals surface area contributed by atoms with Gasteiger partial charge >= 0.3 is 5.97 Å². The Morgan fingerprint density at radius 1 is 1.32 bits per heavy atom. The molecule has 122 valence electrons. The van der Waals surface area contributed by atoms with Crippen molar-refractivity contribution in [3.8, 4) is 5.75 Å². The first-order valence-corrected chi connectivity index (χ1v) is 7.75. The van der Waals surface area contributed by atoms with Crippen LogP contribution < -0.4 is 10.5 Å². The summed E-state index contributed by atoms with van der Waals surface area (Å²) in [6.07, 6.45) is 1.55. The molecule has 1 aliphatic rings. The maximum atomic E-state index is 11.8. The second-order valence-electron chi connectivity index (χ2n) is 5.28. The number of nitrogens with two attached hydrogens (primary N) is 1. The zero-order valence-corrected chi connectivity index (χ0v) is 13.4. The number of hydrogen-bond donors (Lipinski definition) is 2. The molecular formula is C17H25NO4. The average molecular weight is 307 g/mol. The standard InChI is InChI=1S/C15H19NO4.C2H6/c1-9-2-7-13(14(9)17)20-11-5-3-10(4-6-11)8-12(16)15(18)19;1-2/h3-6,9,12-13H,2,7-8,16H2,1H3,(H,18,19);1-2H3. The fraction of sp³-hybridized carbons (Fsp3) is 0.529. The summed E-state index contributed by atoms with van der Waals surface area (Å²) in [5.74, 6) is -0.157. The van der Waals surface area contributed by atoms with Gasteiger partial charge in [-0.3, -0.25) is 9.59 Å². The predicted octanol–water partition coefficient (Wildman–Crippen LogP) is 2.41. The van der Waals surface area contributed by atoms with E-state index in [1.807, 2.05) is 20.8 Å². The first-order valence-electron chi connectivity index (χ1n) is 7.75. The molecule has 0 saturated heterocycles. The van der Waals surface area contributed by atoms with Crippen LogP contribution in [0.4, 0.5) is 0 Å². The van der Waals surface area contributed by atoms with Crippen LogP contribution in [0.2, 0.25) is 0 Å². The van der Waals surface area contributed by atoms with Gasteiger partial charge in [0.15, 0.2) is 11.9 Å². The molecule has 3 unspecified atom stereocenters.